The summed E-state index contributed by atoms with van der Waals surface area (Å²) in [4.78, 5) is 24.7. The summed E-state index contributed by atoms with van der Waals surface area (Å²) in [5.41, 5.74) is 1.26. The van der Waals surface area contributed by atoms with Crippen molar-refractivity contribution in [3.8, 4) is 0 Å². The number of hydrogen-bond acceptors (Lipinski definition) is 3. The molecule has 1 atom stereocenters. The quantitative estimate of drug-likeness (QED) is 0.606. The van der Waals surface area contributed by atoms with E-state index in [9.17, 15) is 9.59 Å². The first kappa shape index (κ1) is 18.3. The summed E-state index contributed by atoms with van der Waals surface area (Å²) < 4.78 is 2.90. The maximum atomic E-state index is 12.5. The van der Waals surface area contributed by atoms with E-state index in [4.69, 9.17) is 0 Å². The van der Waals surface area contributed by atoms with Gasteiger partial charge < -0.3 is 0 Å². The van der Waals surface area contributed by atoms with E-state index in [1.54, 1.807) is 0 Å². The van der Waals surface area contributed by atoms with Crippen molar-refractivity contribution in [2.24, 2.45) is 5.41 Å². The average molecular weight is 341 g/mol. The number of benzene rings is 2. The van der Waals surface area contributed by atoms with Crippen LogP contribution in [0.15, 0.2) is 60.7 Å². The van der Waals surface area contributed by atoms with Crippen LogP contribution in [0.3, 0.4) is 0 Å². The maximum Gasteiger partial charge on any atom is 0.235 e. The topological polar surface area (TPSA) is 46.2 Å². The zero-order chi connectivity index (χ0) is 17.6. The molecule has 2 aromatic rings. The lowest BCUT2D eigenvalue weighted by atomic mass is 9.96. The first-order valence-electron chi connectivity index (χ1n) is 7.97. The molecule has 0 aromatic heterocycles. The van der Waals surface area contributed by atoms with Crippen LogP contribution in [0.1, 0.15) is 48.4 Å². The fraction of sp³-hybridized carbons (Fsp3) is 0.300. The van der Waals surface area contributed by atoms with Crippen LogP contribution in [0.4, 0.5) is 0 Å². The van der Waals surface area contributed by atoms with E-state index in [1.807, 2.05) is 81.4 Å². The molecule has 0 fully saturated rings. The molecule has 1 N–H and O–H groups in total. The number of amides is 1. The number of hydrogen-bond donors (Lipinski definition) is 1. The van der Waals surface area contributed by atoms with E-state index >= 15 is 0 Å². The highest BCUT2D eigenvalue weighted by Crippen LogP contribution is 2.32. The molecular formula is C20H23NO2S. The molecule has 2 aromatic carbocycles. The van der Waals surface area contributed by atoms with Crippen molar-refractivity contribution in [2.45, 2.75) is 32.4 Å². The van der Waals surface area contributed by atoms with Crippen molar-refractivity contribution in [3.05, 3.63) is 71.8 Å². The Labute approximate surface area is 148 Å². The first-order chi connectivity index (χ1) is 11.4. The molecule has 126 valence electrons. The fourth-order valence-corrected chi connectivity index (χ4v) is 3.17. The van der Waals surface area contributed by atoms with Gasteiger partial charge in [-0.05, 0) is 17.5 Å². The number of Topliss-reactive ketones (excluding diaryl/α,β-unsaturated/α-hetero) is 1. The Morgan fingerprint density at radius 3 is 2.04 bits per heavy atom. The van der Waals surface area contributed by atoms with Gasteiger partial charge in [0.1, 0.15) is 0 Å². The number of carbonyl (C=O) groups is 2. The highest BCUT2D eigenvalue weighted by Gasteiger charge is 2.24. The summed E-state index contributed by atoms with van der Waals surface area (Å²) in [6, 6.07) is 19.1. The molecule has 24 heavy (non-hydrogen) atoms. The molecule has 0 aliphatic carbocycles. The van der Waals surface area contributed by atoms with Gasteiger partial charge in [-0.2, -0.15) is 0 Å². The summed E-state index contributed by atoms with van der Waals surface area (Å²) in [6.07, 6.45) is 0.336. The fourth-order valence-electron chi connectivity index (χ4n) is 2.08. The van der Waals surface area contributed by atoms with E-state index < -0.39 is 5.41 Å². The van der Waals surface area contributed by atoms with Crippen LogP contribution in [-0.4, -0.2) is 11.7 Å². The standard InChI is InChI=1S/C20H23NO2S/c1-20(2,3)19(23)21-24-18(16-12-8-5-9-13-16)14-17(22)15-10-6-4-7-11-15/h4-13,18H,14H2,1-3H3,(H,21,23). The van der Waals surface area contributed by atoms with Gasteiger partial charge in [0.05, 0.1) is 5.25 Å². The Morgan fingerprint density at radius 2 is 1.50 bits per heavy atom. The van der Waals surface area contributed by atoms with Crippen LogP contribution in [0.5, 0.6) is 0 Å². The molecule has 1 amide bonds. The van der Waals surface area contributed by atoms with Crippen molar-refractivity contribution in [1.82, 2.24) is 4.72 Å². The minimum Gasteiger partial charge on any atom is -0.299 e. The molecule has 0 saturated heterocycles. The second-order valence-electron chi connectivity index (χ2n) is 6.69. The van der Waals surface area contributed by atoms with Crippen LogP contribution < -0.4 is 4.72 Å². The van der Waals surface area contributed by atoms with Gasteiger partial charge in [-0.15, -0.1) is 0 Å². The highest BCUT2D eigenvalue weighted by molar-refractivity contribution is 7.98. The second-order valence-corrected chi connectivity index (χ2v) is 7.70. The van der Waals surface area contributed by atoms with Crippen molar-refractivity contribution in [2.75, 3.05) is 0 Å². The average Bonchev–Trinajstić information content (AvgIpc) is 2.58. The monoisotopic (exact) mass is 341 g/mol. The van der Waals surface area contributed by atoms with E-state index in [-0.39, 0.29) is 16.9 Å². The molecule has 0 spiro atoms. The second kappa shape index (κ2) is 8.15. The Bertz CT molecular complexity index is 678. The summed E-state index contributed by atoms with van der Waals surface area (Å²) in [5, 5.41) is -0.120. The largest absolute Gasteiger partial charge is 0.299 e. The van der Waals surface area contributed by atoms with Gasteiger partial charge in [0.15, 0.2) is 5.78 Å². The third-order valence-corrected chi connectivity index (χ3v) is 4.64. The number of carbonyl (C=O) groups excluding carboxylic acids is 2. The van der Waals surface area contributed by atoms with Gasteiger partial charge in [0.2, 0.25) is 5.91 Å². The summed E-state index contributed by atoms with van der Waals surface area (Å²) >= 11 is 1.31. The number of ketones is 1. The van der Waals surface area contributed by atoms with Crippen molar-refractivity contribution < 1.29 is 9.59 Å². The molecule has 1 unspecified atom stereocenters. The molecule has 4 heteroatoms. The minimum atomic E-state index is -0.461. The highest BCUT2D eigenvalue weighted by atomic mass is 32.2. The van der Waals surface area contributed by atoms with Crippen LogP contribution in [-0.2, 0) is 4.79 Å². The molecule has 0 bridgehead atoms. The molecule has 0 aliphatic heterocycles. The number of rotatable bonds is 6. The lowest BCUT2D eigenvalue weighted by molar-refractivity contribution is -0.126. The van der Waals surface area contributed by atoms with E-state index in [2.05, 4.69) is 4.72 Å². The molecule has 3 nitrogen and oxygen atoms in total. The third kappa shape index (κ3) is 5.24. The van der Waals surface area contributed by atoms with Crippen molar-refractivity contribution in [3.63, 3.8) is 0 Å². The van der Waals surface area contributed by atoms with Gasteiger partial charge in [-0.1, -0.05) is 81.4 Å². The summed E-state index contributed by atoms with van der Waals surface area (Å²) in [6.45, 7) is 5.61. The minimum absolute atomic E-state index is 0.0411. The third-order valence-electron chi connectivity index (χ3n) is 3.61. The van der Waals surface area contributed by atoms with Crippen molar-refractivity contribution in [1.29, 1.82) is 0 Å². The summed E-state index contributed by atoms with van der Waals surface area (Å²) in [7, 11) is 0. The van der Waals surface area contributed by atoms with Crippen molar-refractivity contribution >= 4 is 23.6 Å². The SMILES string of the molecule is CC(C)(C)C(=O)NSC(CC(=O)c1ccccc1)c1ccccc1. The molecular weight excluding hydrogens is 318 g/mol. The predicted molar refractivity (Wildman–Crippen MR) is 99.8 cm³/mol. The zero-order valence-corrected chi connectivity index (χ0v) is 15.1. The van der Waals surface area contributed by atoms with Gasteiger partial charge in [-0.3, -0.25) is 14.3 Å². The molecule has 2 rings (SSSR count). The Hall–Kier alpha value is -2.07. The predicted octanol–water partition coefficient (Wildman–Crippen LogP) is 4.81. The summed E-state index contributed by atoms with van der Waals surface area (Å²) in [5.74, 6) is 0.0301. The van der Waals surface area contributed by atoms with E-state index in [0.717, 1.165) is 5.56 Å². The Balaban J connectivity index is 2.12. The van der Waals surface area contributed by atoms with Crippen LogP contribution in [0.25, 0.3) is 0 Å². The molecule has 0 saturated carbocycles. The molecule has 0 aliphatic rings. The van der Waals surface area contributed by atoms with E-state index in [0.29, 0.717) is 12.0 Å². The maximum absolute atomic E-state index is 12.5. The lowest BCUT2D eigenvalue weighted by Gasteiger charge is -2.21. The van der Waals surface area contributed by atoms with Gasteiger partial charge in [0.25, 0.3) is 0 Å². The Kier molecular flexibility index (Phi) is 6.21. The van der Waals surface area contributed by atoms with Crippen LogP contribution in [0, 0.1) is 5.41 Å². The normalized spacial score (nSPS) is 12.5. The number of nitrogens with one attached hydrogen (secondary N) is 1. The first-order valence-corrected chi connectivity index (χ1v) is 8.85. The smallest absolute Gasteiger partial charge is 0.235 e. The zero-order valence-electron chi connectivity index (χ0n) is 14.3. The Morgan fingerprint density at radius 1 is 0.958 bits per heavy atom. The lowest BCUT2D eigenvalue weighted by Crippen LogP contribution is -2.31. The van der Waals surface area contributed by atoms with Crippen LogP contribution in [0.2, 0.25) is 0 Å². The van der Waals surface area contributed by atoms with Crippen LogP contribution >= 0.6 is 11.9 Å². The van der Waals surface area contributed by atoms with E-state index in [1.165, 1.54) is 11.9 Å². The van der Waals surface area contributed by atoms with Gasteiger partial charge in [0, 0.05) is 17.4 Å². The molecule has 0 radical (unpaired) electrons. The molecule has 0 heterocycles. The van der Waals surface area contributed by atoms with Gasteiger partial charge >= 0.3 is 0 Å². The van der Waals surface area contributed by atoms with Gasteiger partial charge in [-0.25, -0.2) is 0 Å².